The molecular formula is C13H13FN2O2S. The molecule has 1 aromatic carbocycles. The Morgan fingerprint density at radius 1 is 1.53 bits per heavy atom. The van der Waals surface area contributed by atoms with Crippen molar-refractivity contribution in [2.24, 2.45) is 0 Å². The van der Waals surface area contributed by atoms with E-state index in [1.807, 2.05) is 12.3 Å². The molecule has 0 atom stereocenters. The van der Waals surface area contributed by atoms with Crippen LogP contribution >= 0.6 is 11.3 Å². The van der Waals surface area contributed by atoms with Gasteiger partial charge in [-0.1, -0.05) is 0 Å². The number of aromatic nitrogens is 1. The zero-order chi connectivity index (χ0) is 13.8. The molecule has 1 aromatic heterocycles. The van der Waals surface area contributed by atoms with E-state index in [1.165, 1.54) is 12.1 Å². The number of carbonyl (C=O) groups is 1. The van der Waals surface area contributed by atoms with Crippen LogP contribution in [0.2, 0.25) is 0 Å². The summed E-state index contributed by atoms with van der Waals surface area (Å²) in [5, 5.41) is 14.8. The molecular weight excluding hydrogens is 267 g/mol. The lowest BCUT2D eigenvalue weighted by atomic mass is 10.2. The van der Waals surface area contributed by atoms with E-state index in [9.17, 15) is 9.18 Å². The molecule has 0 bridgehead atoms. The van der Waals surface area contributed by atoms with E-state index in [-0.39, 0.29) is 5.56 Å². The summed E-state index contributed by atoms with van der Waals surface area (Å²) >= 11 is 1.59. The standard InChI is InChI=1S/C13H13FN2O2S/c1-8-16-10(7-19-8)4-5-15-9-2-3-11(13(17)18)12(14)6-9/h2-3,6-7,15H,4-5H2,1H3,(H,17,18). The second kappa shape index (κ2) is 5.79. The van der Waals surface area contributed by atoms with Gasteiger partial charge in [0.1, 0.15) is 5.82 Å². The van der Waals surface area contributed by atoms with Gasteiger partial charge in [-0.25, -0.2) is 14.2 Å². The van der Waals surface area contributed by atoms with Crippen molar-refractivity contribution in [3.63, 3.8) is 0 Å². The number of rotatable bonds is 5. The van der Waals surface area contributed by atoms with E-state index < -0.39 is 11.8 Å². The number of hydrogen-bond donors (Lipinski definition) is 2. The van der Waals surface area contributed by atoms with E-state index in [4.69, 9.17) is 5.11 Å². The minimum absolute atomic E-state index is 0.319. The highest BCUT2D eigenvalue weighted by Gasteiger charge is 2.10. The van der Waals surface area contributed by atoms with E-state index in [0.717, 1.165) is 17.1 Å². The van der Waals surface area contributed by atoms with Crippen molar-refractivity contribution in [3.8, 4) is 0 Å². The molecule has 0 saturated carbocycles. The number of hydrogen-bond acceptors (Lipinski definition) is 4. The number of aromatic carboxylic acids is 1. The van der Waals surface area contributed by atoms with Crippen LogP contribution < -0.4 is 5.32 Å². The fourth-order valence-electron chi connectivity index (χ4n) is 1.66. The summed E-state index contributed by atoms with van der Waals surface area (Å²) in [7, 11) is 0. The summed E-state index contributed by atoms with van der Waals surface area (Å²) in [5.41, 5.74) is 1.24. The predicted octanol–water partition coefficient (Wildman–Crippen LogP) is 2.94. The second-order valence-corrected chi connectivity index (χ2v) is 5.10. The molecule has 100 valence electrons. The van der Waals surface area contributed by atoms with Gasteiger partial charge in [-0.05, 0) is 25.1 Å². The fraction of sp³-hybridized carbons (Fsp3) is 0.231. The topological polar surface area (TPSA) is 62.2 Å². The first kappa shape index (κ1) is 13.5. The van der Waals surface area contributed by atoms with E-state index >= 15 is 0 Å². The molecule has 6 heteroatoms. The lowest BCUT2D eigenvalue weighted by Crippen LogP contribution is -2.07. The second-order valence-electron chi connectivity index (χ2n) is 4.03. The Hall–Kier alpha value is -1.95. The van der Waals surface area contributed by atoms with Crippen LogP contribution in [0.25, 0.3) is 0 Å². The number of carboxylic acid groups (broad SMARTS) is 1. The van der Waals surface area contributed by atoms with Crippen molar-refractivity contribution >= 4 is 23.0 Å². The highest BCUT2D eigenvalue weighted by Crippen LogP contribution is 2.15. The number of anilines is 1. The molecule has 0 fully saturated rings. The van der Waals surface area contributed by atoms with E-state index in [2.05, 4.69) is 10.3 Å². The Morgan fingerprint density at radius 2 is 2.32 bits per heavy atom. The van der Waals surface area contributed by atoms with Crippen LogP contribution in [0.5, 0.6) is 0 Å². The molecule has 0 spiro atoms. The van der Waals surface area contributed by atoms with Gasteiger partial charge in [-0.3, -0.25) is 0 Å². The molecule has 19 heavy (non-hydrogen) atoms. The van der Waals surface area contributed by atoms with E-state index in [1.54, 1.807) is 17.4 Å². The van der Waals surface area contributed by atoms with E-state index in [0.29, 0.717) is 12.2 Å². The molecule has 1 heterocycles. The number of thiazole rings is 1. The Kier molecular flexibility index (Phi) is 4.11. The smallest absolute Gasteiger partial charge is 0.338 e. The first-order valence-corrected chi connectivity index (χ1v) is 6.62. The maximum absolute atomic E-state index is 13.4. The molecule has 0 amide bonds. The third kappa shape index (κ3) is 3.51. The lowest BCUT2D eigenvalue weighted by molar-refractivity contribution is 0.0692. The van der Waals surface area contributed by atoms with Crippen molar-refractivity contribution in [1.82, 2.24) is 4.98 Å². The monoisotopic (exact) mass is 280 g/mol. The third-order valence-electron chi connectivity index (χ3n) is 2.58. The van der Waals surface area contributed by atoms with Crippen LogP contribution in [0.3, 0.4) is 0 Å². The van der Waals surface area contributed by atoms with Crippen LogP contribution in [0.4, 0.5) is 10.1 Å². The zero-order valence-corrected chi connectivity index (χ0v) is 11.1. The fourth-order valence-corrected chi connectivity index (χ4v) is 2.30. The molecule has 2 N–H and O–H groups in total. The van der Waals surface area contributed by atoms with Crippen molar-refractivity contribution < 1.29 is 14.3 Å². The Labute approximate surface area is 113 Å². The summed E-state index contributed by atoms with van der Waals surface area (Å²) in [6.07, 6.45) is 0.743. The van der Waals surface area contributed by atoms with Crippen molar-refractivity contribution in [2.75, 3.05) is 11.9 Å². The van der Waals surface area contributed by atoms with Gasteiger partial charge < -0.3 is 10.4 Å². The summed E-state index contributed by atoms with van der Waals surface area (Å²) in [5.74, 6) is -2.00. The first-order valence-electron chi connectivity index (χ1n) is 5.74. The minimum Gasteiger partial charge on any atom is -0.478 e. The summed E-state index contributed by atoms with van der Waals surface area (Å²) in [6, 6.07) is 4.00. The number of carboxylic acids is 1. The molecule has 2 aromatic rings. The Bertz CT molecular complexity index is 598. The average molecular weight is 280 g/mol. The van der Waals surface area contributed by atoms with Gasteiger partial charge in [0.15, 0.2) is 0 Å². The van der Waals surface area contributed by atoms with Crippen molar-refractivity contribution in [2.45, 2.75) is 13.3 Å². The summed E-state index contributed by atoms with van der Waals surface area (Å²) in [6.45, 7) is 2.57. The number of benzene rings is 1. The molecule has 4 nitrogen and oxygen atoms in total. The maximum Gasteiger partial charge on any atom is 0.338 e. The van der Waals surface area contributed by atoms with Gasteiger partial charge >= 0.3 is 5.97 Å². The van der Waals surface area contributed by atoms with Gasteiger partial charge in [-0.15, -0.1) is 11.3 Å². The quantitative estimate of drug-likeness (QED) is 0.884. The van der Waals surface area contributed by atoms with Crippen LogP contribution in [-0.2, 0) is 6.42 Å². The molecule has 0 saturated heterocycles. The van der Waals surface area contributed by atoms with Crippen molar-refractivity contribution in [1.29, 1.82) is 0 Å². The number of nitrogens with zero attached hydrogens (tertiary/aromatic N) is 1. The number of aryl methyl sites for hydroxylation is 1. The zero-order valence-electron chi connectivity index (χ0n) is 10.3. The molecule has 2 rings (SSSR count). The SMILES string of the molecule is Cc1nc(CCNc2ccc(C(=O)O)c(F)c2)cs1. The third-order valence-corrected chi connectivity index (χ3v) is 3.40. The van der Waals surface area contributed by atoms with Gasteiger partial charge in [0.05, 0.1) is 16.3 Å². The maximum atomic E-state index is 13.4. The summed E-state index contributed by atoms with van der Waals surface area (Å²) < 4.78 is 13.4. The first-order chi connectivity index (χ1) is 9.06. The molecule has 0 aliphatic carbocycles. The Balaban J connectivity index is 1.93. The lowest BCUT2D eigenvalue weighted by Gasteiger charge is -2.06. The highest BCUT2D eigenvalue weighted by molar-refractivity contribution is 7.09. The normalized spacial score (nSPS) is 10.4. The van der Waals surface area contributed by atoms with Crippen molar-refractivity contribution in [3.05, 3.63) is 45.7 Å². The van der Waals surface area contributed by atoms with Crippen LogP contribution in [0, 0.1) is 12.7 Å². The minimum atomic E-state index is -1.26. The van der Waals surface area contributed by atoms with Crippen LogP contribution in [0.1, 0.15) is 21.1 Å². The van der Waals surface area contributed by atoms with Crippen LogP contribution in [0.15, 0.2) is 23.6 Å². The predicted molar refractivity (Wildman–Crippen MR) is 72.4 cm³/mol. The Morgan fingerprint density at radius 3 is 2.89 bits per heavy atom. The summed E-state index contributed by atoms with van der Waals surface area (Å²) in [4.78, 5) is 15.0. The largest absolute Gasteiger partial charge is 0.478 e. The molecule has 0 aliphatic heterocycles. The molecule has 0 unspecified atom stereocenters. The van der Waals surface area contributed by atoms with Gasteiger partial charge in [0.2, 0.25) is 0 Å². The molecule has 0 radical (unpaired) electrons. The van der Waals surface area contributed by atoms with Crippen LogP contribution in [-0.4, -0.2) is 22.6 Å². The van der Waals surface area contributed by atoms with Gasteiger partial charge in [0, 0.05) is 24.0 Å². The molecule has 0 aliphatic rings. The van der Waals surface area contributed by atoms with Gasteiger partial charge in [0.25, 0.3) is 0 Å². The number of halogens is 1. The number of nitrogens with one attached hydrogen (secondary N) is 1. The highest BCUT2D eigenvalue weighted by atomic mass is 32.1. The van der Waals surface area contributed by atoms with Gasteiger partial charge in [-0.2, -0.15) is 0 Å². The average Bonchev–Trinajstić information content (AvgIpc) is 2.75.